The lowest BCUT2D eigenvalue weighted by Crippen LogP contribution is -2.47. The molecule has 12 nitrogen and oxygen atoms in total. The van der Waals surface area contributed by atoms with E-state index >= 15 is 0 Å². The summed E-state index contributed by atoms with van der Waals surface area (Å²) in [5.74, 6) is 2.27. The van der Waals surface area contributed by atoms with Crippen molar-refractivity contribution in [3.05, 3.63) is 0 Å². The highest BCUT2D eigenvalue weighted by atomic mass is 33.1. The van der Waals surface area contributed by atoms with Crippen LogP contribution in [0.25, 0.3) is 0 Å². The van der Waals surface area contributed by atoms with Crippen LogP contribution in [0.4, 0.5) is 0 Å². The molecule has 0 bridgehead atoms. The zero-order valence-corrected chi connectivity index (χ0v) is 67.4. The van der Waals surface area contributed by atoms with Gasteiger partial charge < -0.3 is 34.2 Å². The van der Waals surface area contributed by atoms with Crippen molar-refractivity contribution in [2.75, 3.05) is 103 Å². The standard InChI is InChI=1S/C84H166N4O8S2/c1-6-11-16-21-26-29-32-40-52-73-94-82(91)60-47-41-49-64-85(63-48-39-33-38-46-61-84(93)96-81(58-44-36-24-19-14-9-4)59-45-37-25-20-15-10-5)65-50-53-75-97-98-76-54-51-66-86-68-70-87(71-69-86)72-74-95-83(92)62-55-67-88(77-79(89)56-42-34-30-27-22-17-12-7-2)78-80(90)57-43-35-31-28-23-18-13-8-3/h79-81,89-90H,6-78H2,1-5H3. The lowest BCUT2D eigenvalue weighted by atomic mass is 10.0. The molecule has 0 amide bonds. The summed E-state index contributed by atoms with van der Waals surface area (Å²) in [5.41, 5.74) is 0. The SMILES string of the molecule is CCCCCCCCCCCOC(=O)CCCCCN(CCCCCCCC(=O)OC(CCCCCCCC)CCCCCCCC)CCCCSSCCCCN1CCN(CCOC(=O)CCCN(CC(O)CCCCCCCCCC)CC(O)CCCCCCCCCC)CC1. The Balaban J connectivity index is 2.42. The molecule has 0 aromatic carbocycles. The number of rotatable bonds is 79. The van der Waals surface area contributed by atoms with E-state index in [2.05, 4.69) is 75.8 Å². The topological polar surface area (TPSA) is 132 Å². The minimum atomic E-state index is -0.405. The third-order valence-electron chi connectivity index (χ3n) is 20.5. The molecule has 1 rings (SSSR count). The number of unbranched alkanes of at least 4 members (excludes halogenated alkanes) is 40. The van der Waals surface area contributed by atoms with Crippen LogP contribution in [0.3, 0.4) is 0 Å². The van der Waals surface area contributed by atoms with Gasteiger partial charge in [-0.15, -0.1) is 0 Å². The van der Waals surface area contributed by atoms with Crippen molar-refractivity contribution in [2.45, 2.75) is 419 Å². The van der Waals surface area contributed by atoms with Crippen molar-refractivity contribution in [2.24, 2.45) is 0 Å². The average molecular weight is 1420 g/mol. The Hall–Kier alpha value is -1.13. The van der Waals surface area contributed by atoms with Crippen LogP contribution in [0.2, 0.25) is 0 Å². The third kappa shape index (κ3) is 66.8. The summed E-state index contributed by atoms with van der Waals surface area (Å²) in [6.45, 7) is 23.7. The van der Waals surface area contributed by atoms with E-state index in [1.54, 1.807) is 0 Å². The van der Waals surface area contributed by atoms with Crippen molar-refractivity contribution in [1.29, 1.82) is 0 Å². The summed E-state index contributed by atoms with van der Waals surface area (Å²) < 4.78 is 17.5. The number of carbonyl (C=O) groups excluding carboxylic acids is 3. The Morgan fingerprint density at radius 1 is 0.327 bits per heavy atom. The maximum atomic E-state index is 13.1. The van der Waals surface area contributed by atoms with Crippen LogP contribution in [0.1, 0.15) is 401 Å². The van der Waals surface area contributed by atoms with E-state index in [4.69, 9.17) is 14.2 Å². The summed E-state index contributed by atoms with van der Waals surface area (Å²) in [6, 6.07) is 0. The normalized spacial score (nSPS) is 13.8. The van der Waals surface area contributed by atoms with Gasteiger partial charge in [-0.05, 0) is 135 Å². The number of aliphatic hydroxyl groups excluding tert-OH is 2. The van der Waals surface area contributed by atoms with E-state index < -0.39 is 12.2 Å². The van der Waals surface area contributed by atoms with Crippen LogP contribution in [-0.4, -0.2) is 169 Å². The van der Waals surface area contributed by atoms with Crippen LogP contribution in [0.5, 0.6) is 0 Å². The molecular formula is C84H166N4O8S2. The molecule has 2 atom stereocenters. The van der Waals surface area contributed by atoms with Gasteiger partial charge in [-0.25, -0.2) is 0 Å². The van der Waals surface area contributed by atoms with Crippen LogP contribution in [0, 0.1) is 0 Å². The highest BCUT2D eigenvalue weighted by molar-refractivity contribution is 8.76. The monoisotopic (exact) mass is 1420 g/mol. The molecule has 98 heavy (non-hydrogen) atoms. The minimum Gasteiger partial charge on any atom is -0.466 e. The summed E-state index contributed by atoms with van der Waals surface area (Å²) in [6.07, 6.45) is 65.6. The maximum absolute atomic E-state index is 13.1. The van der Waals surface area contributed by atoms with E-state index in [0.717, 1.165) is 142 Å². The van der Waals surface area contributed by atoms with Gasteiger partial charge in [-0.2, -0.15) is 0 Å². The Labute approximate surface area is 616 Å². The van der Waals surface area contributed by atoms with Gasteiger partial charge in [-0.3, -0.25) is 24.2 Å². The summed E-state index contributed by atoms with van der Waals surface area (Å²) in [7, 11) is 4.10. The Morgan fingerprint density at radius 3 is 1.09 bits per heavy atom. The molecule has 0 aromatic rings. The lowest BCUT2D eigenvalue weighted by Gasteiger charge is -2.34. The predicted octanol–water partition coefficient (Wildman–Crippen LogP) is 22.6. The zero-order valence-electron chi connectivity index (χ0n) is 65.8. The molecule has 14 heteroatoms. The number of hydrogen-bond acceptors (Lipinski definition) is 14. The molecule has 1 heterocycles. The van der Waals surface area contributed by atoms with Crippen LogP contribution in [-0.2, 0) is 28.6 Å². The molecule has 0 saturated carbocycles. The van der Waals surface area contributed by atoms with Gasteiger partial charge in [0.1, 0.15) is 12.7 Å². The summed E-state index contributed by atoms with van der Waals surface area (Å²) in [4.78, 5) is 48.4. The fourth-order valence-corrected chi connectivity index (χ4v) is 16.2. The average Bonchev–Trinajstić information content (AvgIpc) is 1.86. The van der Waals surface area contributed by atoms with Crippen molar-refractivity contribution < 1.29 is 38.8 Å². The molecule has 1 fully saturated rings. The van der Waals surface area contributed by atoms with Crippen LogP contribution < -0.4 is 0 Å². The number of carbonyl (C=O) groups is 3. The van der Waals surface area contributed by atoms with Gasteiger partial charge in [-0.1, -0.05) is 300 Å². The molecule has 1 aliphatic rings. The zero-order chi connectivity index (χ0) is 70.9. The first-order chi connectivity index (χ1) is 48.1. The van der Waals surface area contributed by atoms with Crippen LogP contribution in [0.15, 0.2) is 0 Å². The molecule has 0 spiro atoms. The highest BCUT2D eigenvalue weighted by Crippen LogP contribution is 2.25. The van der Waals surface area contributed by atoms with E-state index in [0.29, 0.717) is 58.5 Å². The largest absolute Gasteiger partial charge is 0.466 e. The molecule has 0 aliphatic carbocycles. The molecule has 2 unspecified atom stereocenters. The molecule has 0 radical (unpaired) electrons. The molecule has 582 valence electrons. The van der Waals surface area contributed by atoms with Gasteiger partial charge in [0.15, 0.2) is 0 Å². The van der Waals surface area contributed by atoms with Crippen molar-refractivity contribution in [3.8, 4) is 0 Å². The summed E-state index contributed by atoms with van der Waals surface area (Å²) in [5, 5.41) is 22.1. The van der Waals surface area contributed by atoms with Gasteiger partial charge in [0, 0.05) is 76.6 Å². The number of piperazine rings is 1. The second kappa shape index (κ2) is 75.5. The van der Waals surface area contributed by atoms with E-state index in [9.17, 15) is 24.6 Å². The fraction of sp³-hybridized carbons (Fsp3) is 0.964. The fourth-order valence-electron chi connectivity index (χ4n) is 14.0. The second-order valence-corrected chi connectivity index (χ2v) is 32.8. The van der Waals surface area contributed by atoms with Gasteiger partial charge >= 0.3 is 17.9 Å². The highest BCUT2D eigenvalue weighted by Gasteiger charge is 2.20. The second-order valence-electron chi connectivity index (χ2n) is 30.1. The first kappa shape index (κ1) is 94.9. The molecule has 0 aromatic heterocycles. The molecule has 2 N–H and O–H groups in total. The maximum Gasteiger partial charge on any atom is 0.306 e. The summed E-state index contributed by atoms with van der Waals surface area (Å²) >= 11 is 0. The van der Waals surface area contributed by atoms with Gasteiger partial charge in [0.2, 0.25) is 0 Å². The molecular weight excluding hydrogens is 1260 g/mol. The van der Waals surface area contributed by atoms with Crippen molar-refractivity contribution in [3.63, 3.8) is 0 Å². The number of nitrogens with zero attached hydrogens (tertiary/aromatic N) is 4. The Bertz CT molecular complexity index is 1620. The predicted molar refractivity (Wildman–Crippen MR) is 426 cm³/mol. The van der Waals surface area contributed by atoms with E-state index in [-0.39, 0.29) is 24.0 Å². The van der Waals surface area contributed by atoms with Crippen molar-refractivity contribution >= 4 is 39.5 Å². The smallest absolute Gasteiger partial charge is 0.306 e. The Morgan fingerprint density at radius 2 is 0.643 bits per heavy atom. The van der Waals surface area contributed by atoms with E-state index in [1.165, 1.54) is 268 Å². The quantitative estimate of drug-likeness (QED) is 0.0259. The lowest BCUT2D eigenvalue weighted by molar-refractivity contribution is -0.150. The van der Waals surface area contributed by atoms with Crippen LogP contribution >= 0.6 is 21.6 Å². The number of hydrogen-bond donors (Lipinski definition) is 2. The Kier molecular flexibility index (Phi) is 73.1. The van der Waals surface area contributed by atoms with E-state index in [1.807, 2.05) is 0 Å². The van der Waals surface area contributed by atoms with Gasteiger partial charge in [0.25, 0.3) is 0 Å². The first-order valence-corrected chi connectivity index (χ1v) is 45.6. The minimum absolute atomic E-state index is 0.0184. The number of ether oxygens (including phenoxy) is 3. The third-order valence-corrected chi connectivity index (χ3v) is 23.1. The molecule has 1 saturated heterocycles. The number of esters is 3. The molecule has 1 aliphatic heterocycles. The number of aliphatic hydroxyl groups is 2. The first-order valence-electron chi connectivity index (χ1n) is 43.1. The van der Waals surface area contributed by atoms with Crippen molar-refractivity contribution in [1.82, 2.24) is 19.6 Å². The van der Waals surface area contributed by atoms with Gasteiger partial charge in [0.05, 0.1) is 18.8 Å².